The topological polar surface area (TPSA) is 29.3 Å². The van der Waals surface area contributed by atoms with Crippen molar-refractivity contribution in [2.24, 2.45) is 11.7 Å². The summed E-state index contributed by atoms with van der Waals surface area (Å²) in [4.78, 5) is 2.24. The molecule has 19 heavy (non-hydrogen) atoms. The van der Waals surface area contributed by atoms with Crippen LogP contribution >= 0.6 is 0 Å². The van der Waals surface area contributed by atoms with Gasteiger partial charge in [-0.15, -0.1) is 0 Å². The molecule has 1 aromatic rings. The Balaban J connectivity index is 2.17. The minimum atomic E-state index is -0.134. The number of hydrogen-bond acceptors (Lipinski definition) is 2. The molecule has 1 aliphatic rings. The van der Waals surface area contributed by atoms with Crippen molar-refractivity contribution in [2.45, 2.75) is 52.1 Å². The van der Waals surface area contributed by atoms with Crippen molar-refractivity contribution in [3.05, 3.63) is 29.6 Å². The molecule has 1 unspecified atom stereocenters. The van der Waals surface area contributed by atoms with Gasteiger partial charge in [0.25, 0.3) is 0 Å². The molecule has 106 valence electrons. The summed E-state index contributed by atoms with van der Waals surface area (Å²) in [5, 5.41) is 0. The van der Waals surface area contributed by atoms with Gasteiger partial charge in [0.15, 0.2) is 0 Å². The highest BCUT2D eigenvalue weighted by atomic mass is 19.1. The second kappa shape index (κ2) is 5.91. The Labute approximate surface area is 115 Å². The average Bonchev–Trinajstić information content (AvgIpc) is 3.14. The zero-order chi connectivity index (χ0) is 14.0. The molecular formula is C16H25FN2. The third-order valence-electron chi connectivity index (χ3n) is 3.74. The molecule has 2 nitrogen and oxygen atoms in total. The van der Waals surface area contributed by atoms with E-state index in [1.807, 2.05) is 19.1 Å². The van der Waals surface area contributed by atoms with Crippen molar-refractivity contribution in [3.8, 4) is 0 Å². The fraction of sp³-hybridized carbons (Fsp3) is 0.625. The van der Waals surface area contributed by atoms with Crippen LogP contribution in [0.15, 0.2) is 18.2 Å². The number of nitrogens with two attached hydrogens (primary N) is 1. The van der Waals surface area contributed by atoms with Crippen LogP contribution in [-0.2, 0) is 0 Å². The van der Waals surface area contributed by atoms with Crippen LogP contribution in [0.4, 0.5) is 10.1 Å². The largest absolute Gasteiger partial charge is 0.366 e. The minimum absolute atomic E-state index is 0.117. The standard InChI is InChI=1S/C16H25FN2/c1-11(2)8-9-19(14-5-6-14)16-7-4-13(12(3)18)10-15(16)17/h4,7,10-12,14H,5-6,8-9,18H2,1-3H3. The molecule has 0 aromatic heterocycles. The van der Waals surface area contributed by atoms with Gasteiger partial charge in [-0.3, -0.25) is 0 Å². The lowest BCUT2D eigenvalue weighted by molar-refractivity contribution is 0.558. The average molecular weight is 264 g/mol. The molecule has 1 fully saturated rings. The van der Waals surface area contributed by atoms with E-state index in [1.165, 1.54) is 12.8 Å². The molecule has 1 saturated carbocycles. The van der Waals surface area contributed by atoms with E-state index in [-0.39, 0.29) is 11.9 Å². The van der Waals surface area contributed by atoms with Crippen LogP contribution in [0.5, 0.6) is 0 Å². The monoisotopic (exact) mass is 264 g/mol. The Morgan fingerprint density at radius 3 is 2.47 bits per heavy atom. The van der Waals surface area contributed by atoms with Gasteiger partial charge < -0.3 is 10.6 Å². The molecule has 0 bridgehead atoms. The predicted molar refractivity (Wildman–Crippen MR) is 78.8 cm³/mol. The summed E-state index contributed by atoms with van der Waals surface area (Å²) in [5.74, 6) is 0.512. The summed E-state index contributed by atoms with van der Waals surface area (Å²) in [5.41, 5.74) is 7.40. The molecule has 2 N–H and O–H groups in total. The second-order valence-electron chi connectivity index (χ2n) is 6.11. The zero-order valence-electron chi connectivity index (χ0n) is 12.2. The summed E-state index contributed by atoms with van der Waals surface area (Å²) in [6.45, 7) is 7.24. The van der Waals surface area contributed by atoms with Crippen molar-refractivity contribution >= 4 is 5.69 Å². The maximum Gasteiger partial charge on any atom is 0.146 e. The van der Waals surface area contributed by atoms with Crippen LogP contribution in [0.1, 0.15) is 51.6 Å². The van der Waals surface area contributed by atoms with Crippen LogP contribution in [0.25, 0.3) is 0 Å². The first-order valence-corrected chi connectivity index (χ1v) is 7.30. The number of nitrogens with zero attached hydrogens (tertiary/aromatic N) is 1. The van der Waals surface area contributed by atoms with Crippen LogP contribution in [0.3, 0.4) is 0 Å². The normalized spacial score (nSPS) is 16.7. The van der Waals surface area contributed by atoms with Crippen LogP contribution in [0.2, 0.25) is 0 Å². The molecule has 2 rings (SSSR count). The molecule has 0 radical (unpaired) electrons. The number of halogens is 1. The maximum atomic E-state index is 14.3. The van der Waals surface area contributed by atoms with E-state index >= 15 is 0 Å². The molecule has 1 aromatic carbocycles. The first kappa shape index (κ1) is 14.3. The number of anilines is 1. The van der Waals surface area contributed by atoms with Crippen LogP contribution in [0, 0.1) is 11.7 Å². The molecule has 0 amide bonds. The van der Waals surface area contributed by atoms with Gasteiger partial charge in [0, 0.05) is 18.6 Å². The first-order valence-electron chi connectivity index (χ1n) is 7.30. The quantitative estimate of drug-likeness (QED) is 0.845. The van der Waals surface area contributed by atoms with E-state index in [4.69, 9.17) is 5.73 Å². The Bertz CT molecular complexity index is 425. The fourth-order valence-corrected chi connectivity index (χ4v) is 2.32. The van der Waals surface area contributed by atoms with Crippen molar-refractivity contribution < 1.29 is 4.39 Å². The Morgan fingerprint density at radius 2 is 2.00 bits per heavy atom. The Kier molecular flexibility index (Phi) is 4.46. The van der Waals surface area contributed by atoms with Gasteiger partial charge in [-0.2, -0.15) is 0 Å². The maximum absolute atomic E-state index is 14.3. The predicted octanol–water partition coefficient (Wildman–Crippen LogP) is 3.86. The molecule has 3 heteroatoms. The summed E-state index contributed by atoms with van der Waals surface area (Å²) in [6.07, 6.45) is 3.48. The van der Waals surface area contributed by atoms with Gasteiger partial charge >= 0.3 is 0 Å². The number of rotatable bonds is 6. The SMILES string of the molecule is CC(C)CCN(c1ccc(C(C)N)cc1F)C1CC1. The highest BCUT2D eigenvalue weighted by Crippen LogP contribution is 2.34. The van der Waals surface area contributed by atoms with E-state index in [9.17, 15) is 4.39 Å². The lowest BCUT2D eigenvalue weighted by atomic mass is 10.1. The molecule has 0 heterocycles. The van der Waals surface area contributed by atoms with Gasteiger partial charge in [0.2, 0.25) is 0 Å². The van der Waals surface area contributed by atoms with Gasteiger partial charge in [0.05, 0.1) is 5.69 Å². The number of hydrogen-bond donors (Lipinski definition) is 1. The molecule has 1 aliphatic carbocycles. The third-order valence-corrected chi connectivity index (χ3v) is 3.74. The van der Waals surface area contributed by atoms with Crippen molar-refractivity contribution in [2.75, 3.05) is 11.4 Å². The smallest absolute Gasteiger partial charge is 0.146 e. The van der Waals surface area contributed by atoms with E-state index in [1.54, 1.807) is 6.07 Å². The second-order valence-corrected chi connectivity index (χ2v) is 6.11. The van der Waals surface area contributed by atoms with Crippen molar-refractivity contribution in [3.63, 3.8) is 0 Å². The number of benzene rings is 1. The molecule has 1 atom stereocenters. The summed E-state index contributed by atoms with van der Waals surface area (Å²) in [7, 11) is 0. The fourth-order valence-electron chi connectivity index (χ4n) is 2.32. The lowest BCUT2D eigenvalue weighted by Crippen LogP contribution is -2.28. The highest BCUT2D eigenvalue weighted by Gasteiger charge is 2.30. The van der Waals surface area contributed by atoms with Crippen LogP contribution < -0.4 is 10.6 Å². The van der Waals surface area contributed by atoms with E-state index in [0.29, 0.717) is 12.0 Å². The first-order chi connectivity index (χ1) is 8.99. The molecular weight excluding hydrogens is 239 g/mol. The van der Waals surface area contributed by atoms with E-state index in [0.717, 1.165) is 24.2 Å². The van der Waals surface area contributed by atoms with E-state index in [2.05, 4.69) is 18.7 Å². The Hall–Kier alpha value is -1.09. The minimum Gasteiger partial charge on any atom is -0.366 e. The summed E-state index contributed by atoms with van der Waals surface area (Å²) < 4.78 is 14.3. The highest BCUT2D eigenvalue weighted by molar-refractivity contribution is 5.51. The molecule has 0 aliphatic heterocycles. The molecule has 0 spiro atoms. The van der Waals surface area contributed by atoms with Crippen LogP contribution in [-0.4, -0.2) is 12.6 Å². The Morgan fingerprint density at radius 1 is 1.32 bits per heavy atom. The van der Waals surface area contributed by atoms with E-state index < -0.39 is 0 Å². The lowest BCUT2D eigenvalue weighted by Gasteiger charge is -2.26. The van der Waals surface area contributed by atoms with Gasteiger partial charge in [-0.25, -0.2) is 4.39 Å². The van der Waals surface area contributed by atoms with Crippen molar-refractivity contribution in [1.82, 2.24) is 0 Å². The van der Waals surface area contributed by atoms with Gasteiger partial charge in [-0.1, -0.05) is 19.9 Å². The van der Waals surface area contributed by atoms with Gasteiger partial charge in [0.1, 0.15) is 5.82 Å². The summed E-state index contributed by atoms with van der Waals surface area (Å²) in [6, 6.07) is 5.86. The van der Waals surface area contributed by atoms with Crippen molar-refractivity contribution in [1.29, 1.82) is 0 Å². The van der Waals surface area contributed by atoms with Gasteiger partial charge in [-0.05, 0) is 49.8 Å². The summed E-state index contributed by atoms with van der Waals surface area (Å²) >= 11 is 0. The third kappa shape index (κ3) is 3.69. The molecule has 0 saturated heterocycles. The zero-order valence-corrected chi connectivity index (χ0v) is 12.2.